The van der Waals surface area contributed by atoms with Crippen molar-refractivity contribution in [3.05, 3.63) is 24.3 Å². The third-order valence-corrected chi connectivity index (χ3v) is 4.49. The van der Waals surface area contributed by atoms with Crippen molar-refractivity contribution in [1.82, 2.24) is 20.2 Å². The maximum absolute atomic E-state index is 5.88. The average molecular weight is 300 g/mol. The van der Waals surface area contributed by atoms with Gasteiger partial charge in [-0.1, -0.05) is 13.3 Å². The van der Waals surface area contributed by atoms with E-state index >= 15 is 0 Å². The fraction of sp³-hybridized carbons (Fsp3) is 0.588. The minimum Gasteiger partial charge on any atom is -0.494 e. The molecule has 1 aromatic carbocycles. The van der Waals surface area contributed by atoms with Crippen molar-refractivity contribution >= 4 is 0 Å². The Labute approximate surface area is 131 Å². The minimum atomic E-state index is 0.595. The first-order chi connectivity index (χ1) is 10.7. The number of ether oxygens (including phenoxy) is 1. The molecular formula is C17H24N4O. The molecule has 2 aromatic rings. The fourth-order valence-corrected chi connectivity index (χ4v) is 2.91. The summed E-state index contributed by atoms with van der Waals surface area (Å²) < 4.78 is 5.88. The summed E-state index contributed by atoms with van der Waals surface area (Å²) in [4.78, 5) is 1.59. The summed E-state index contributed by atoms with van der Waals surface area (Å²) in [6.07, 6.45) is 6.55. The van der Waals surface area contributed by atoms with Gasteiger partial charge < -0.3 is 4.74 Å². The molecule has 1 heterocycles. The highest BCUT2D eigenvalue weighted by Crippen LogP contribution is 2.52. The third-order valence-electron chi connectivity index (χ3n) is 4.49. The number of aromatic nitrogens is 4. The van der Waals surface area contributed by atoms with E-state index in [0.29, 0.717) is 11.2 Å². The molecule has 1 aliphatic rings. The molecule has 0 N–H and O–H groups in total. The van der Waals surface area contributed by atoms with Crippen LogP contribution in [-0.2, 0) is 6.54 Å². The van der Waals surface area contributed by atoms with Crippen LogP contribution < -0.4 is 4.74 Å². The van der Waals surface area contributed by atoms with E-state index in [0.717, 1.165) is 24.5 Å². The smallest absolute Gasteiger partial charge is 0.204 e. The number of nitrogens with zero attached hydrogens (tertiary/aromatic N) is 4. The minimum absolute atomic E-state index is 0.595. The van der Waals surface area contributed by atoms with Crippen LogP contribution in [0.15, 0.2) is 24.3 Å². The molecule has 0 spiro atoms. The van der Waals surface area contributed by atoms with Crippen molar-refractivity contribution in [3.8, 4) is 17.1 Å². The van der Waals surface area contributed by atoms with Crippen LogP contribution in [0.1, 0.15) is 46.0 Å². The van der Waals surface area contributed by atoms with Gasteiger partial charge in [0.05, 0.1) is 13.2 Å². The molecule has 1 aliphatic carbocycles. The Morgan fingerprint density at radius 3 is 2.50 bits per heavy atom. The number of hydrogen-bond donors (Lipinski definition) is 0. The lowest BCUT2D eigenvalue weighted by atomic mass is 9.97. The molecular weight excluding hydrogens is 276 g/mol. The second-order valence-electron chi connectivity index (χ2n) is 6.17. The third kappa shape index (κ3) is 3.46. The largest absolute Gasteiger partial charge is 0.494 e. The Bertz CT molecular complexity index is 601. The van der Waals surface area contributed by atoms with Crippen molar-refractivity contribution in [2.24, 2.45) is 5.41 Å². The maximum atomic E-state index is 5.88. The predicted octanol–water partition coefficient (Wildman–Crippen LogP) is 3.71. The molecule has 0 bridgehead atoms. The highest BCUT2D eigenvalue weighted by molar-refractivity contribution is 5.55. The predicted molar refractivity (Wildman–Crippen MR) is 85.6 cm³/mol. The second-order valence-corrected chi connectivity index (χ2v) is 6.17. The number of tetrazole rings is 1. The zero-order valence-electron chi connectivity index (χ0n) is 13.5. The number of benzene rings is 1. The standard InChI is InChI=1S/C17H24N4O/c1-3-9-17(10-11-17)12-13-22-15-7-5-14(6-8-15)16-18-20-21(4-2)19-16/h5-8H,3-4,9-13H2,1-2H3. The quantitative estimate of drug-likeness (QED) is 0.745. The molecule has 1 aromatic heterocycles. The van der Waals surface area contributed by atoms with Crippen LogP contribution in [-0.4, -0.2) is 26.8 Å². The summed E-state index contributed by atoms with van der Waals surface area (Å²) in [7, 11) is 0. The number of aryl methyl sites for hydroxylation is 1. The van der Waals surface area contributed by atoms with Crippen LogP contribution in [0.3, 0.4) is 0 Å². The molecule has 5 nitrogen and oxygen atoms in total. The Balaban J connectivity index is 1.53. The average Bonchev–Trinajstić information content (AvgIpc) is 3.13. The van der Waals surface area contributed by atoms with E-state index < -0.39 is 0 Å². The first-order valence-corrected chi connectivity index (χ1v) is 8.26. The highest BCUT2D eigenvalue weighted by Gasteiger charge is 2.40. The van der Waals surface area contributed by atoms with E-state index in [-0.39, 0.29) is 0 Å². The molecule has 5 heteroatoms. The van der Waals surface area contributed by atoms with E-state index in [2.05, 4.69) is 22.3 Å². The fourth-order valence-electron chi connectivity index (χ4n) is 2.91. The molecule has 1 fully saturated rings. The lowest BCUT2D eigenvalue weighted by Gasteiger charge is -2.14. The van der Waals surface area contributed by atoms with Crippen molar-refractivity contribution in [2.75, 3.05) is 6.61 Å². The zero-order valence-corrected chi connectivity index (χ0v) is 13.5. The molecule has 0 saturated heterocycles. The summed E-state index contributed by atoms with van der Waals surface area (Å²) in [5.74, 6) is 1.58. The van der Waals surface area contributed by atoms with E-state index in [1.807, 2.05) is 31.2 Å². The van der Waals surface area contributed by atoms with Gasteiger partial charge in [-0.3, -0.25) is 0 Å². The first kappa shape index (κ1) is 15.0. The summed E-state index contributed by atoms with van der Waals surface area (Å²) in [5.41, 5.74) is 1.56. The van der Waals surface area contributed by atoms with Crippen molar-refractivity contribution < 1.29 is 4.74 Å². The van der Waals surface area contributed by atoms with Crippen LogP contribution in [0.5, 0.6) is 5.75 Å². The van der Waals surface area contributed by atoms with E-state index in [4.69, 9.17) is 4.74 Å². The van der Waals surface area contributed by atoms with Crippen LogP contribution in [0, 0.1) is 5.41 Å². The summed E-state index contributed by atoms with van der Waals surface area (Å²) in [6.45, 7) is 5.80. The maximum Gasteiger partial charge on any atom is 0.204 e. The lowest BCUT2D eigenvalue weighted by molar-refractivity contribution is 0.261. The number of rotatable bonds is 8. The van der Waals surface area contributed by atoms with Gasteiger partial charge in [0.1, 0.15) is 5.75 Å². The molecule has 0 atom stereocenters. The van der Waals surface area contributed by atoms with Gasteiger partial charge in [0, 0.05) is 5.56 Å². The van der Waals surface area contributed by atoms with E-state index in [1.54, 1.807) is 4.80 Å². The Hall–Kier alpha value is -1.91. The molecule has 0 unspecified atom stereocenters. The van der Waals surface area contributed by atoms with Gasteiger partial charge in [0.2, 0.25) is 5.82 Å². The SMILES string of the molecule is CCCC1(CCOc2ccc(-c3nnn(CC)n3)cc2)CC1. The second kappa shape index (κ2) is 6.46. The highest BCUT2D eigenvalue weighted by atomic mass is 16.5. The summed E-state index contributed by atoms with van der Waals surface area (Å²) in [5, 5.41) is 12.3. The van der Waals surface area contributed by atoms with Gasteiger partial charge in [-0.2, -0.15) is 4.80 Å². The number of hydrogen-bond acceptors (Lipinski definition) is 4. The van der Waals surface area contributed by atoms with Gasteiger partial charge in [-0.25, -0.2) is 0 Å². The first-order valence-electron chi connectivity index (χ1n) is 8.26. The van der Waals surface area contributed by atoms with Crippen molar-refractivity contribution in [3.63, 3.8) is 0 Å². The van der Waals surface area contributed by atoms with Crippen LogP contribution in [0.25, 0.3) is 11.4 Å². The molecule has 0 amide bonds. The van der Waals surface area contributed by atoms with Gasteiger partial charge in [-0.05, 0) is 67.5 Å². The Morgan fingerprint density at radius 2 is 1.91 bits per heavy atom. The zero-order chi connectivity index (χ0) is 15.4. The molecule has 3 rings (SSSR count). The van der Waals surface area contributed by atoms with Gasteiger partial charge in [0.25, 0.3) is 0 Å². The van der Waals surface area contributed by atoms with Crippen molar-refractivity contribution in [2.45, 2.75) is 52.5 Å². The van der Waals surface area contributed by atoms with Gasteiger partial charge in [0.15, 0.2) is 0 Å². The Kier molecular flexibility index (Phi) is 4.41. The van der Waals surface area contributed by atoms with Crippen LogP contribution in [0.4, 0.5) is 0 Å². The van der Waals surface area contributed by atoms with Gasteiger partial charge >= 0.3 is 0 Å². The molecule has 0 aliphatic heterocycles. The lowest BCUT2D eigenvalue weighted by Crippen LogP contribution is -2.07. The molecule has 0 radical (unpaired) electrons. The van der Waals surface area contributed by atoms with Crippen LogP contribution in [0.2, 0.25) is 0 Å². The monoisotopic (exact) mass is 300 g/mol. The van der Waals surface area contributed by atoms with Gasteiger partial charge in [-0.15, -0.1) is 10.2 Å². The van der Waals surface area contributed by atoms with Crippen LogP contribution >= 0.6 is 0 Å². The van der Waals surface area contributed by atoms with Crippen molar-refractivity contribution in [1.29, 1.82) is 0 Å². The normalized spacial score (nSPS) is 15.7. The van der Waals surface area contributed by atoms with E-state index in [9.17, 15) is 0 Å². The topological polar surface area (TPSA) is 52.8 Å². The molecule has 118 valence electrons. The summed E-state index contributed by atoms with van der Waals surface area (Å²) >= 11 is 0. The van der Waals surface area contributed by atoms with E-state index in [1.165, 1.54) is 32.1 Å². The Morgan fingerprint density at radius 1 is 1.14 bits per heavy atom. The molecule has 22 heavy (non-hydrogen) atoms. The molecule has 1 saturated carbocycles. The summed E-state index contributed by atoms with van der Waals surface area (Å²) in [6, 6.07) is 7.96.